The van der Waals surface area contributed by atoms with E-state index in [0.29, 0.717) is 5.11 Å². The molecule has 3 aromatic rings. The SMILES string of the molecule is Cc1cccc([C@@H](NC(=S)Nc2cccc(C)n2)c2ccccc2)c1. The molecule has 2 N–H and O–H groups in total. The predicted molar refractivity (Wildman–Crippen MR) is 108 cm³/mol. The van der Waals surface area contributed by atoms with E-state index in [2.05, 4.69) is 58.9 Å². The first-order valence-electron chi connectivity index (χ1n) is 8.24. The zero-order valence-electron chi connectivity index (χ0n) is 14.4. The zero-order valence-corrected chi connectivity index (χ0v) is 15.2. The number of benzene rings is 2. The minimum atomic E-state index is -0.0223. The van der Waals surface area contributed by atoms with Gasteiger partial charge in [-0.05, 0) is 49.3 Å². The van der Waals surface area contributed by atoms with Crippen LogP contribution in [-0.2, 0) is 0 Å². The van der Waals surface area contributed by atoms with Crippen LogP contribution in [0, 0.1) is 13.8 Å². The molecule has 0 saturated carbocycles. The smallest absolute Gasteiger partial charge is 0.172 e. The Hall–Kier alpha value is -2.72. The van der Waals surface area contributed by atoms with Crippen LogP contribution in [0.4, 0.5) is 5.82 Å². The van der Waals surface area contributed by atoms with Crippen LogP contribution in [0.5, 0.6) is 0 Å². The molecule has 4 heteroatoms. The highest BCUT2D eigenvalue weighted by molar-refractivity contribution is 7.80. The summed E-state index contributed by atoms with van der Waals surface area (Å²) >= 11 is 5.53. The van der Waals surface area contributed by atoms with E-state index in [1.54, 1.807) is 0 Å². The van der Waals surface area contributed by atoms with Gasteiger partial charge in [-0.25, -0.2) is 4.98 Å². The first kappa shape index (κ1) is 17.1. The van der Waals surface area contributed by atoms with Crippen molar-refractivity contribution in [2.75, 3.05) is 5.32 Å². The average molecular weight is 347 g/mol. The summed E-state index contributed by atoms with van der Waals surface area (Å²) in [4.78, 5) is 4.44. The number of hydrogen-bond acceptors (Lipinski definition) is 2. The molecule has 3 rings (SSSR count). The van der Waals surface area contributed by atoms with Crippen molar-refractivity contribution in [3.8, 4) is 0 Å². The molecular formula is C21H21N3S. The number of aryl methyl sites for hydroxylation is 2. The standard InChI is InChI=1S/C21H21N3S/c1-15-8-6-12-18(14-15)20(17-10-4-3-5-11-17)24-21(25)23-19-13-7-9-16(2)22-19/h3-14,20H,1-2H3,(H2,22,23,24,25)/t20-/m0/s1. The van der Waals surface area contributed by atoms with Crippen LogP contribution < -0.4 is 10.6 Å². The van der Waals surface area contributed by atoms with E-state index in [4.69, 9.17) is 12.2 Å². The Kier molecular flexibility index (Phi) is 5.41. The summed E-state index contributed by atoms with van der Waals surface area (Å²) in [5.41, 5.74) is 4.51. The van der Waals surface area contributed by atoms with E-state index in [0.717, 1.165) is 17.1 Å². The number of nitrogens with one attached hydrogen (secondary N) is 2. The molecule has 1 aromatic heterocycles. The maximum absolute atomic E-state index is 5.53. The summed E-state index contributed by atoms with van der Waals surface area (Å²) in [5.74, 6) is 0.744. The molecule has 0 aliphatic rings. The largest absolute Gasteiger partial charge is 0.351 e. The molecule has 1 heterocycles. The Morgan fingerprint density at radius 3 is 2.32 bits per heavy atom. The van der Waals surface area contributed by atoms with Gasteiger partial charge in [-0.3, -0.25) is 0 Å². The molecule has 0 aliphatic carbocycles. The van der Waals surface area contributed by atoms with Crippen molar-refractivity contribution >= 4 is 23.1 Å². The molecule has 1 atom stereocenters. The van der Waals surface area contributed by atoms with Crippen LogP contribution in [0.1, 0.15) is 28.4 Å². The fourth-order valence-electron chi connectivity index (χ4n) is 2.75. The minimum absolute atomic E-state index is 0.0223. The molecule has 0 radical (unpaired) electrons. The maximum Gasteiger partial charge on any atom is 0.172 e. The lowest BCUT2D eigenvalue weighted by Gasteiger charge is -2.22. The third kappa shape index (κ3) is 4.64. The van der Waals surface area contributed by atoms with Crippen molar-refractivity contribution in [1.82, 2.24) is 10.3 Å². The molecule has 0 fully saturated rings. The van der Waals surface area contributed by atoms with Gasteiger partial charge in [0.1, 0.15) is 5.82 Å². The van der Waals surface area contributed by atoms with Gasteiger partial charge in [0.25, 0.3) is 0 Å². The zero-order chi connectivity index (χ0) is 17.6. The molecule has 0 aliphatic heterocycles. The van der Waals surface area contributed by atoms with Gasteiger partial charge < -0.3 is 10.6 Å². The molecule has 0 spiro atoms. The Labute approximate surface area is 154 Å². The summed E-state index contributed by atoms with van der Waals surface area (Å²) in [6.45, 7) is 4.06. The van der Waals surface area contributed by atoms with Crippen LogP contribution in [0.15, 0.2) is 72.8 Å². The fourth-order valence-corrected chi connectivity index (χ4v) is 2.97. The van der Waals surface area contributed by atoms with Crippen molar-refractivity contribution in [2.24, 2.45) is 0 Å². The Morgan fingerprint density at radius 2 is 1.60 bits per heavy atom. The third-order valence-corrected chi connectivity index (χ3v) is 4.13. The van der Waals surface area contributed by atoms with Gasteiger partial charge >= 0.3 is 0 Å². The lowest BCUT2D eigenvalue weighted by atomic mass is 9.97. The number of rotatable bonds is 4. The summed E-state index contributed by atoms with van der Waals surface area (Å²) in [7, 11) is 0. The lowest BCUT2D eigenvalue weighted by Crippen LogP contribution is -2.33. The Bertz CT molecular complexity index is 862. The van der Waals surface area contributed by atoms with E-state index >= 15 is 0 Å². The highest BCUT2D eigenvalue weighted by Crippen LogP contribution is 2.23. The van der Waals surface area contributed by atoms with Gasteiger partial charge in [-0.2, -0.15) is 0 Å². The molecule has 0 saturated heterocycles. The van der Waals surface area contributed by atoms with E-state index in [1.807, 2.05) is 43.3 Å². The monoisotopic (exact) mass is 347 g/mol. The molecule has 3 nitrogen and oxygen atoms in total. The van der Waals surface area contributed by atoms with Crippen LogP contribution in [-0.4, -0.2) is 10.1 Å². The van der Waals surface area contributed by atoms with Crippen molar-refractivity contribution in [1.29, 1.82) is 0 Å². The van der Waals surface area contributed by atoms with E-state index in [-0.39, 0.29) is 6.04 Å². The fraction of sp³-hybridized carbons (Fsp3) is 0.143. The normalized spacial score (nSPS) is 11.6. The van der Waals surface area contributed by atoms with Crippen molar-refractivity contribution in [2.45, 2.75) is 19.9 Å². The summed E-state index contributed by atoms with van der Waals surface area (Å²) in [5, 5.41) is 7.15. The summed E-state index contributed by atoms with van der Waals surface area (Å²) in [6, 6.07) is 24.6. The van der Waals surface area contributed by atoms with Crippen molar-refractivity contribution in [3.05, 3.63) is 95.2 Å². The van der Waals surface area contributed by atoms with Gasteiger partial charge in [-0.15, -0.1) is 0 Å². The van der Waals surface area contributed by atoms with E-state index in [1.165, 1.54) is 11.1 Å². The van der Waals surface area contributed by atoms with Crippen LogP contribution in [0.25, 0.3) is 0 Å². The number of nitrogens with zero attached hydrogens (tertiary/aromatic N) is 1. The topological polar surface area (TPSA) is 37.0 Å². The van der Waals surface area contributed by atoms with Gasteiger partial charge in [-0.1, -0.05) is 66.2 Å². The first-order valence-corrected chi connectivity index (χ1v) is 8.65. The number of pyridine rings is 1. The van der Waals surface area contributed by atoms with E-state index < -0.39 is 0 Å². The molecule has 0 amide bonds. The summed E-state index contributed by atoms with van der Waals surface area (Å²) < 4.78 is 0. The van der Waals surface area contributed by atoms with Crippen molar-refractivity contribution < 1.29 is 0 Å². The number of thiocarbonyl (C=S) groups is 1. The maximum atomic E-state index is 5.53. The Balaban J connectivity index is 1.84. The molecule has 0 unspecified atom stereocenters. The van der Waals surface area contributed by atoms with Gasteiger partial charge in [0.2, 0.25) is 0 Å². The second-order valence-corrected chi connectivity index (χ2v) is 6.43. The van der Waals surface area contributed by atoms with Gasteiger partial charge in [0.05, 0.1) is 6.04 Å². The second kappa shape index (κ2) is 7.90. The highest BCUT2D eigenvalue weighted by atomic mass is 32.1. The average Bonchev–Trinajstić information content (AvgIpc) is 2.60. The minimum Gasteiger partial charge on any atom is -0.351 e. The highest BCUT2D eigenvalue weighted by Gasteiger charge is 2.15. The molecule has 2 aromatic carbocycles. The molecule has 126 valence electrons. The first-order chi connectivity index (χ1) is 12.1. The van der Waals surface area contributed by atoms with Gasteiger partial charge in [0.15, 0.2) is 5.11 Å². The van der Waals surface area contributed by atoms with Crippen molar-refractivity contribution in [3.63, 3.8) is 0 Å². The summed E-state index contributed by atoms with van der Waals surface area (Å²) in [6.07, 6.45) is 0. The second-order valence-electron chi connectivity index (χ2n) is 6.02. The number of anilines is 1. The molecule has 0 bridgehead atoms. The van der Waals surface area contributed by atoms with Crippen LogP contribution in [0.3, 0.4) is 0 Å². The van der Waals surface area contributed by atoms with Crippen LogP contribution >= 0.6 is 12.2 Å². The van der Waals surface area contributed by atoms with Crippen LogP contribution in [0.2, 0.25) is 0 Å². The number of hydrogen-bond donors (Lipinski definition) is 2. The lowest BCUT2D eigenvalue weighted by molar-refractivity contribution is 0.767. The quantitative estimate of drug-likeness (QED) is 0.666. The molecule has 25 heavy (non-hydrogen) atoms. The molecular weight excluding hydrogens is 326 g/mol. The Morgan fingerprint density at radius 1 is 0.880 bits per heavy atom. The van der Waals surface area contributed by atoms with E-state index in [9.17, 15) is 0 Å². The third-order valence-electron chi connectivity index (χ3n) is 3.91. The van der Waals surface area contributed by atoms with Gasteiger partial charge in [0, 0.05) is 5.69 Å². The number of aromatic nitrogens is 1. The predicted octanol–water partition coefficient (Wildman–Crippen LogP) is 4.77.